The van der Waals surface area contributed by atoms with Gasteiger partial charge in [0.25, 0.3) is 0 Å². The van der Waals surface area contributed by atoms with Crippen LogP contribution in [0.1, 0.15) is 25.7 Å². The van der Waals surface area contributed by atoms with E-state index in [2.05, 4.69) is 4.98 Å². The van der Waals surface area contributed by atoms with Gasteiger partial charge in [-0.3, -0.25) is 0 Å². The van der Waals surface area contributed by atoms with Crippen molar-refractivity contribution in [2.24, 2.45) is 0 Å². The van der Waals surface area contributed by atoms with Gasteiger partial charge in [0.05, 0.1) is 11.8 Å². The van der Waals surface area contributed by atoms with Gasteiger partial charge in [-0.05, 0) is 38.4 Å². The highest BCUT2D eigenvalue weighted by Crippen LogP contribution is 2.29. The molecule has 1 saturated carbocycles. The van der Waals surface area contributed by atoms with E-state index in [1.807, 2.05) is 0 Å². The highest BCUT2D eigenvalue weighted by Gasteiger charge is 2.24. The van der Waals surface area contributed by atoms with Crippen LogP contribution < -0.4 is 9.80 Å². The fourth-order valence-electron chi connectivity index (χ4n) is 2.29. The first-order chi connectivity index (χ1) is 8.70. The molecule has 0 bridgehead atoms. The van der Waals surface area contributed by atoms with Gasteiger partial charge in [-0.1, -0.05) is 0 Å². The summed E-state index contributed by atoms with van der Waals surface area (Å²) >= 11 is 0. The van der Waals surface area contributed by atoms with Gasteiger partial charge >= 0.3 is 0 Å². The van der Waals surface area contributed by atoms with E-state index in [9.17, 15) is 5.21 Å². The molecule has 5 nitrogen and oxygen atoms in total. The number of ether oxygens (including phenoxy) is 2. The van der Waals surface area contributed by atoms with Crippen LogP contribution in [0.5, 0.6) is 5.88 Å². The Labute approximate surface area is 107 Å². The van der Waals surface area contributed by atoms with Gasteiger partial charge in [0.15, 0.2) is 0 Å². The summed E-state index contributed by atoms with van der Waals surface area (Å²) in [7, 11) is 3.17. The standard InChI is InChI=1S/C13H19N2O3/c1-15(16)12-7-4-8-14-13(12)18-11-6-3-5-10(9-11)17-2/h4,7-8,10-11H,3,5-6,9H2,1-2H3/q-1/t10-,11+/m0/s1. The third-order valence-corrected chi connectivity index (χ3v) is 3.28. The van der Waals surface area contributed by atoms with Gasteiger partial charge in [-0.25, -0.2) is 4.98 Å². The van der Waals surface area contributed by atoms with Crippen molar-refractivity contribution in [1.29, 1.82) is 0 Å². The molecule has 0 unspecified atom stereocenters. The summed E-state index contributed by atoms with van der Waals surface area (Å²) in [6.45, 7) is 0. The average Bonchev–Trinajstić information content (AvgIpc) is 2.39. The summed E-state index contributed by atoms with van der Waals surface area (Å²) in [6, 6.07) is 3.45. The van der Waals surface area contributed by atoms with Crippen LogP contribution in [0.25, 0.3) is 0 Å². The summed E-state index contributed by atoms with van der Waals surface area (Å²) in [5.74, 6) is 0.414. The number of hydrogen-bond donors (Lipinski definition) is 0. The fourth-order valence-corrected chi connectivity index (χ4v) is 2.29. The molecule has 0 aromatic carbocycles. The minimum absolute atomic E-state index is 0.0808. The van der Waals surface area contributed by atoms with Crippen LogP contribution in [0.3, 0.4) is 0 Å². The molecule has 0 spiro atoms. The van der Waals surface area contributed by atoms with Crippen molar-refractivity contribution in [2.75, 3.05) is 19.2 Å². The molecular formula is C13H19N2O3-. The number of hydrogen-bond acceptors (Lipinski definition) is 5. The van der Waals surface area contributed by atoms with Crippen LogP contribution in [-0.2, 0) is 4.74 Å². The number of aromatic nitrogens is 1. The first kappa shape index (κ1) is 13.1. The van der Waals surface area contributed by atoms with E-state index in [0.717, 1.165) is 30.7 Å². The van der Waals surface area contributed by atoms with Crippen molar-refractivity contribution in [1.82, 2.24) is 4.98 Å². The van der Waals surface area contributed by atoms with Crippen molar-refractivity contribution < 1.29 is 9.47 Å². The molecular weight excluding hydrogens is 232 g/mol. The minimum atomic E-state index is 0.0808. The van der Waals surface area contributed by atoms with Crippen LogP contribution in [0.4, 0.5) is 5.69 Å². The second-order valence-electron chi connectivity index (χ2n) is 4.59. The molecule has 1 aliphatic rings. The van der Waals surface area contributed by atoms with Gasteiger partial charge in [0, 0.05) is 19.7 Å². The Morgan fingerprint density at radius 1 is 1.39 bits per heavy atom. The lowest BCUT2D eigenvalue weighted by Gasteiger charge is -2.31. The van der Waals surface area contributed by atoms with Crippen LogP contribution >= 0.6 is 0 Å². The monoisotopic (exact) mass is 251 g/mol. The van der Waals surface area contributed by atoms with Gasteiger partial charge in [-0.2, -0.15) is 0 Å². The molecule has 1 aromatic heterocycles. The van der Waals surface area contributed by atoms with Crippen LogP contribution in [0.2, 0.25) is 0 Å². The number of hydroxylamine groups is 1. The van der Waals surface area contributed by atoms with E-state index in [0.29, 0.717) is 11.6 Å². The Morgan fingerprint density at radius 3 is 2.89 bits per heavy atom. The van der Waals surface area contributed by atoms with Gasteiger partial charge in [0.2, 0.25) is 5.88 Å². The molecule has 1 aromatic rings. The molecule has 0 radical (unpaired) electrons. The number of anilines is 1. The average molecular weight is 251 g/mol. The smallest absolute Gasteiger partial charge is 0.237 e. The predicted molar refractivity (Wildman–Crippen MR) is 69.7 cm³/mol. The maximum absolute atomic E-state index is 11.4. The second-order valence-corrected chi connectivity index (χ2v) is 4.59. The molecule has 18 heavy (non-hydrogen) atoms. The largest absolute Gasteiger partial charge is 0.758 e. The SMILES string of the molecule is CO[C@H]1CCC[C@@H](Oc2ncccc2N(C)[O-])C1. The predicted octanol–water partition coefficient (Wildman–Crippen LogP) is 2.35. The van der Waals surface area contributed by atoms with Crippen molar-refractivity contribution in [3.8, 4) is 5.88 Å². The van der Waals surface area contributed by atoms with Gasteiger partial charge < -0.3 is 19.7 Å². The maximum Gasteiger partial charge on any atom is 0.237 e. The molecule has 0 amide bonds. The zero-order chi connectivity index (χ0) is 13.0. The Morgan fingerprint density at radius 2 is 2.17 bits per heavy atom. The molecule has 2 atom stereocenters. The summed E-state index contributed by atoms with van der Waals surface area (Å²) < 4.78 is 11.2. The van der Waals surface area contributed by atoms with E-state index in [1.165, 1.54) is 7.05 Å². The third kappa shape index (κ3) is 3.11. The molecule has 0 aliphatic heterocycles. The van der Waals surface area contributed by atoms with Crippen molar-refractivity contribution in [3.05, 3.63) is 23.5 Å². The minimum Gasteiger partial charge on any atom is -0.758 e. The number of rotatable bonds is 4. The highest BCUT2D eigenvalue weighted by molar-refractivity contribution is 5.54. The van der Waals surface area contributed by atoms with Crippen LogP contribution in [-0.4, -0.2) is 31.3 Å². The molecule has 2 rings (SSSR count). The van der Waals surface area contributed by atoms with E-state index >= 15 is 0 Å². The lowest BCUT2D eigenvalue weighted by atomic mass is 9.95. The quantitative estimate of drug-likeness (QED) is 0.769. The Balaban J connectivity index is 2.04. The normalized spacial score (nSPS) is 23.7. The lowest BCUT2D eigenvalue weighted by molar-refractivity contribution is 0.0197. The maximum atomic E-state index is 11.4. The van der Waals surface area contributed by atoms with Gasteiger partial charge in [0.1, 0.15) is 6.10 Å². The molecule has 100 valence electrons. The molecule has 1 fully saturated rings. The molecule has 0 N–H and O–H groups in total. The van der Waals surface area contributed by atoms with Crippen LogP contribution in [0.15, 0.2) is 18.3 Å². The van der Waals surface area contributed by atoms with Crippen molar-refractivity contribution in [3.63, 3.8) is 0 Å². The van der Waals surface area contributed by atoms with E-state index < -0.39 is 0 Å². The molecule has 5 heteroatoms. The number of methoxy groups -OCH3 is 1. The van der Waals surface area contributed by atoms with Crippen molar-refractivity contribution >= 4 is 5.69 Å². The first-order valence-electron chi connectivity index (χ1n) is 6.26. The fraction of sp³-hybridized carbons (Fsp3) is 0.615. The summed E-state index contributed by atoms with van der Waals surface area (Å²) in [5, 5.41) is 12.2. The summed E-state index contributed by atoms with van der Waals surface area (Å²) in [4.78, 5) is 4.14. The Bertz CT molecular complexity index is 384. The zero-order valence-corrected chi connectivity index (χ0v) is 10.8. The second kappa shape index (κ2) is 6.02. The van der Waals surface area contributed by atoms with Gasteiger partial charge in [-0.15, -0.1) is 0 Å². The van der Waals surface area contributed by atoms with E-state index in [-0.39, 0.29) is 12.2 Å². The first-order valence-corrected chi connectivity index (χ1v) is 6.26. The molecule has 0 saturated heterocycles. The molecule has 1 heterocycles. The summed E-state index contributed by atoms with van der Waals surface area (Å²) in [6.07, 6.45) is 5.97. The van der Waals surface area contributed by atoms with Crippen LogP contribution in [0, 0.1) is 5.21 Å². The van der Waals surface area contributed by atoms with E-state index in [4.69, 9.17) is 9.47 Å². The number of pyridine rings is 1. The Kier molecular flexibility index (Phi) is 4.38. The lowest BCUT2D eigenvalue weighted by Crippen LogP contribution is -2.30. The third-order valence-electron chi connectivity index (χ3n) is 3.28. The Hall–Kier alpha value is -1.33. The summed E-state index contributed by atoms with van der Waals surface area (Å²) in [5.41, 5.74) is 0.469. The number of nitrogens with zero attached hydrogens (tertiary/aromatic N) is 2. The highest BCUT2D eigenvalue weighted by atomic mass is 16.5. The van der Waals surface area contributed by atoms with Crippen molar-refractivity contribution in [2.45, 2.75) is 37.9 Å². The molecule has 1 aliphatic carbocycles. The van der Waals surface area contributed by atoms with E-state index in [1.54, 1.807) is 25.4 Å². The zero-order valence-electron chi connectivity index (χ0n) is 10.8. The topological polar surface area (TPSA) is 57.7 Å².